The highest BCUT2D eigenvalue weighted by atomic mass is 16.5. The van der Waals surface area contributed by atoms with E-state index in [1.807, 2.05) is 12.3 Å². The minimum Gasteiger partial charge on any atom is -0.381 e. The van der Waals surface area contributed by atoms with E-state index in [1.54, 1.807) is 0 Å². The molecule has 2 aliphatic heterocycles. The summed E-state index contributed by atoms with van der Waals surface area (Å²) in [7, 11) is 2.20. The summed E-state index contributed by atoms with van der Waals surface area (Å²) in [6.07, 6.45) is 4.22. The molecule has 0 radical (unpaired) electrons. The molecule has 112 valence electrons. The molecule has 5 heteroatoms. The zero-order valence-electron chi connectivity index (χ0n) is 12.5. The van der Waals surface area contributed by atoms with E-state index in [1.165, 1.54) is 25.3 Å². The number of rotatable bonds is 3. The molecule has 0 spiro atoms. The standard InChI is InChI=1S/C16H22N4O/c1-19-7-4-12(9-19)10-20-15(13-5-8-21-11-13)18-14-3-2-6-17-16(14)20/h2-3,6,12-13H,4-5,7-11H2,1H3. The molecule has 2 fully saturated rings. The van der Waals surface area contributed by atoms with Crippen LogP contribution in [0, 0.1) is 5.92 Å². The van der Waals surface area contributed by atoms with Crippen molar-refractivity contribution in [3.63, 3.8) is 0 Å². The molecular formula is C16H22N4O. The van der Waals surface area contributed by atoms with E-state index in [4.69, 9.17) is 9.72 Å². The summed E-state index contributed by atoms with van der Waals surface area (Å²) in [5, 5.41) is 0. The Morgan fingerprint density at radius 3 is 3.10 bits per heavy atom. The molecule has 0 aliphatic carbocycles. The molecule has 2 aromatic heterocycles. The van der Waals surface area contributed by atoms with Gasteiger partial charge in [0.15, 0.2) is 5.65 Å². The van der Waals surface area contributed by atoms with Gasteiger partial charge < -0.3 is 14.2 Å². The van der Waals surface area contributed by atoms with Crippen molar-refractivity contribution in [2.75, 3.05) is 33.4 Å². The summed E-state index contributed by atoms with van der Waals surface area (Å²) in [6, 6.07) is 4.04. The van der Waals surface area contributed by atoms with Crippen LogP contribution in [0.3, 0.4) is 0 Å². The lowest BCUT2D eigenvalue weighted by Gasteiger charge is -2.16. The van der Waals surface area contributed by atoms with Crippen molar-refractivity contribution in [1.29, 1.82) is 0 Å². The maximum Gasteiger partial charge on any atom is 0.160 e. The van der Waals surface area contributed by atoms with E-state index in [2.05, 4.69) is 27.6 Å². The van der Waals surface area contributed by atoms with Crippen LogP contribution < -0.4 is 0 Å². The molecule has 0 aromatic carbocycles. The molecule has 0 N–H and O–H groups in total. The molecule has 2 unspecified atom stereocenters. The van der Waals surface area contributed by atoms with E-state index < -0.39 is 0 Å². The quantitative estimate of drug-likeness (QED) is 0.864. The average Bonchev–Trinajstić information content (AvgIpc) is 3.20. The number of pyridine rings is 1. The second-order valence-electron chi connectivity index (χ2n) is 6.40. The maximum absolute atomic E-state index is 5.57. The van der Waals surface area contributed by atoms with Gasteiger partial charge in [-0.05, 0) is 44.5 Å². The summed E-state index contributed by atoms with van der Waals surface area (Å²) in [6.45, 7) is 5.06. The molecular weight excluding hydrogens is 264 g/mol. The van der Waals surface area contributed by atoms with Gasteiger partial charge in [-0.3, -0.25) is 0 Å². The number of fused-ring (bicyclic) bond motifs is 1. The van der Waals surface area contributed by atoms with E-state index >= 15 is 0 Å². The molecule has 0 saturated carbocycles. The monoisotopic (exact) mass is 286 g/mol. The van der Waals surface area contributed by atoms with Crippen LogP contribution in [-0.4, -0.2) is 52.8 Å². The summed E-state index contributed by atoms with van der Waals surface area (Å²) < 4.78 is 7.93. The first-order valence-corrected chi connectivity index (χ1v) is 7.88. The van der Waals surface area contributed by atoms with E-state index in [0.717, 1.165) is 37.3 Å². The predicted octanol–water partition coefficient (Wildman–Crippen LogP) is 1.89. The zero-order chi connectivity index (χ0) is 14.2. The molecule has 0 amide bonds. The van der Waals surface area contributed by atoms with Gasteiger partial charge in [0.05, 0.1) is 6.61 Å². The van der Waals surface area contributed by atoms with Gasteiger partial charge >= 0.3 is 0 Å². The van der Waals surface area contributed by atoms with E-state index in [-0.39, 0.29) is 0 Å². The molecule has 4 rings (SSSR count). The fourth-order valence-electron chi connectivity index (χ4n) is 3.64. The fourth-order valence-corrected chi connectivity index (χ4v) is 3.64. The van der Waals surface area contributed by atoms with Crippen LogP contribution in [0.25, 0.3) is 11.2 Å². The number of likely N-dealkylation sites (tertiary alicyclic amines) is 1. The highest BCUT2D eigenvalue weighted by Gasteiger charge is 2.27. The Labute approximate surface area is 124 Å². The van der Waals surface area contributed by atoms with Crippen LogP contribution in [0.5, 0.6) is 0 Å². The highest BCUT2D eigenvalue weighted by molar-refractivity contribution is 5.71. The SMILES string of the molecule is CN1CCC(Cn2c(C3CCOC3)nc3cccnc32)C1. The Hall–Kier alpha value is -1.46. The minimum atomic E-state index is 0.429. The van der Waals surface area contributed by atoms with E-state index in [0.29, 0.717) is 11.8 Å². The first-order valence-electron chi connectivity index (χ1n) is 7.88. The minimum absolute atomic E-state index is 0.429. The number of hydrogen-bond donors (Lipinski definition) is 0. The predicted molar refractivity (Wildman–Crippen MR) is 81.3 cm³/mol. The molecule has 21 heavy (non-hydrogen) atoms. The Bertz CT molecular complexity index is 632. The molecule has 2 aliphatic rings. The average molecular weight is 286 g/mol. The van der Waals surface area contributed by atoms with Crippen LogP contribution in [0.4, 0.5) is 0 Å². The van der Waals surface area contributed by atoms with Crippen LogP contribution in [0.2, 0.25) is 0 Å². The summed E-state index contributed by atoms with van der Waals surface area (Å²) in [4.78, 5) is 11.9. The molecule has 2 atom stereocenters. The lowest BCUT2D eigenvalue weighted by atomic mass is 10.1. The van der Waals surface area contributed by atoms with Gasteiger partial charge in [0.2, 0.25) is 0 Å². The van der Waals surface area contributed by atoms with Gasteiger partial charge in [-0.2, -0.15) is 0 Å². The van der Waals surface area contributed by atoms with Crippen molar-refractivity contribution in [2.45, 2.75) is 25.3 Å². The number of nitrogens with zero attached hydrogens (tertiary/aromatic N) is 4. The summed E-state index contributed by atoms with van der Waals surface area (Å²) in [5.74, 6) is 2.31. The van der Waals surface area contributed by atoms with Crippen LogP contribution in [0.15, 0.2) is 18.3 Å². The Morgan fingerprint density at radius 2 is 2.33 bits per heavy atom. The number of ether oxygens (including phenoxy) is 1. The number of aromatic nitrogens is 3. The highest BCUT2D eigenvalue weighted by Crippen LogP contribution is 2.29. The molecule has 2 saturated heterocycles. The Morgan fingerprint density at radius 1 is 1.38 bits per heavy atom. The number of hydrogen-bond acceptors (Lipinski definition) is 4. The smallest absolute Gasteiger partial charge is 0.160 e. The van der Waals surface area contributed by atoms with Crippen molar-refractivity contribution in [3.8, 4) is 0 Å². The number of imidazole rings is 1. The van der Waals surface area contributed by atoms with Crippen molar-refractivity contribution >= 4 is 11.2 Å². The second kappa shape index (κ2) is 5.39. The molecule has 2 aromatic rings. The lowest BCUT2D eigenvalue weighted by molar-refractivity contribution is 0.192. The van der Waals surface area contributed by atoms with Crippen LogP contribution >= 0.6 is 0 Å². The van der Waals surface area contributed by atoms with E-state index in [9.17, 15) is 0 Å². The van der Waals surface area contributed by atoms with Crippen molar-refractivity contribution in [2.24, 2.45) is 5.92 Å². The van der Waals surface area contributed by atoms with Gasteiger partial charge in [0.25, 0.3) is 0 Å². The fraction of sp³-hybridized carbons (Fsp3) is 0.625. The normalized spacial score (nSPS) is 26.9. The molecule has 0 bridgehead atoms. The third-order valence-electron chi connectivity index (χ3n) is 4.76. The first kappa shape index (κ1) is 13.2. The Balaban J connectivity index is 1.71. The largest absolute Gasteiger partial charge is 0.381 e. The van der Waals surface area contributed by atoms with Crippen LogP contribution in [-0.2, 0) is 11.3 Å². The summed E-state index contributed by atoms with van der Waals surface area (Å²) in [5.41, 5.74) is 2.06. The maximum atomic E-state index is 5.57. The van der Waals surface area contributed by atoms with Gasteiger partial charge in [-0.25, -0.2) is 9.97 Å². The van der Waals surface area contributed by atoms with Gasteiger partial charge in [0.1, 0.15) is 11.3 Å². The van der Waals surface area contributed by atoms with Gasteiger partial charge in [-0.15, -0.1) is 0 Å². The third kappa shape index (κ3) is 2.45. The Kier molecular flexibility index (Phi) is 3.39. The summed E-state index contributed by atoms with van der Waals surface area (Å²) >= 11 is 0. The second-order valence-corrected chi connectivity index (χ2v) is 6.40. The topological polar surface area (TPSA) is 43.2 Å². The molecule has 4 heterocycles. The zero-order valence-corrected chi connectivity index (χ0v) is 12.5. The molecule has 5 nitrogen and oxygen atoms in total. The third-order valence-corrected chi connectivity index (χ3v) is 4.76. The first-order chi connectivity index (χ1) is 10.3. The lowest BCUT2D eigenvalue weighted by Crippen LogP contribution is -2.19. The van der Waals surface area contributed by atoms with Gasteiger partial charge in [-0.1, -0.05) is 0 Å². The van der Waals surface area contributed by atoms with Crippen molar-refractivity contribution in [3.05, 3.63) is 24.2 Å². The van der Waals surface area contributed by atoms with Crippen molar-refractivity contribution in [1.82, 2.24) is 19.4 Å². The van der Waals surface area contributed by atoms with Crippen LogP contribution in [0.1, 0.15) is 24.6 Å². The van der Waals surface area contributed by atoms with Gasteiger partial charge in [0, 0.05) is 31.8 Å². The van der Waals surface area contributed by atoms with Crippen molar-refractivity contribution < 1.29 is 4.74 Å².